The number of amides is 1. The van der Waals surface area contributed by atoms with Gasteiger partial charge in [0, 0.05) is 24.2 Å². The summed E-state index contributed by atoms with van der Waals surface area (Å²) in [6, 6.07) is 7.64. The number of piperidine rings is 1. The maximum Gasteiger partial charge on any atom is 0.258 e. The summed E-state index contributed by atoms with van der Waals surface area (Å²) in [6.45, 7) is 3.79. The summed E-state index contributed by atoms with van der Waals surface area (Å²) in [6.07, 6.45) is 4.74. The largest absolute Gasteiger partial charge is 0.484 e. The smallest absolute Gasteiger partial charge is 0.258 e. The van der Waals surface area contributed by atoms with Crippen LogP contribution in [0.15, 0.2) is 24.3 Å². The Hall–Kier alpha value is -1.88. The predicted molar refractivity (Wildman–Crippen MR) is 87.7 cm³/mol. The Bertz CT molecular complexity index is 570. The molecule has 124 valence electrons. The van der Waals surface area contributed by atoms with Gasteiger partial charge in [0.1, 0.15) is 5.75 Å². The molecular weight excluding hydrogens is 292 g/mol. The third kappa shape index (κ3) is 3.91. The molecule has 2 aliphatic rings. The van der Waals surface area contributed by atoms with E-state index in [1.165, 1.54) is 26.2 Å². The molecule has 0 radical (unpaired) electrons. The van der Waals surface area contributed by atoms with Crippen LogP contribution in [-0.2, 0) is 4.79 Å². The van der Waals surface area contributed by atoms with Crippen LogP contribution < -0.4 is 10.1 Å². The molecule has 2 atom stereocenters. The van der Waals surface area contributed by atoms with Gasteiger partial charge >= 0.3 is 0 Å². The quantitative estimate of drug-likeness (QED) is 0.844. The molecule has 0 aromatic heterocycles. The predicted octanol–water partition coefficient (Wildman–Crippen LogP) is 2.01. The minimum absolute atomic E-state index is 0.0165. The van der Waals surface area contributed by atoms with Crippen molar-refractivity contribution in [3.05, 3.63) is 29.8 Å². The van der Waals surface area contributed by atoms with E-state index in [1.807, 2.05) is 0 Å². The van der Waals surface area contributed by atoms with Gasteiger partial charge in [-0.05, 0) is 57.0 Å². The van der Waals surface area contributed by atoms with Crippen LogP contribution in [0.5, 0.6) is 5.75 Å². The monoisotopic (exact) mass is 316 g/mol. The van der Waals surface area contributed by atoms with Gasteiger partial charge in [-0.2, -0.15) is 0 Å². The van der Waals surface area contributed by atoms with Crippen molar-refractivity contribution >= 4 is 11.7 Å². The van der Waals surface area contributed by atoms with E-state index >= 15 is 0 Å². The first-order chi connectivity index (χ1) is 11.1. The minimum atomic E-state index is -0.0712. The highest BCUT2D eigenvalue weighted by Gasteiger charge is 2.36. The Balaban J connectivity index is 1.47. The molecule has 0 aliphatic carbocycles. The highest BCUT2D eigenvalue weighted by Crippen LogP contribution is 2.27. The molecule has 0 saturated carbocycles. The Labute approximate surface area is 137 Å². The van der Waals surface area contributed by atoms with Crippen molar-refractivity contribution in [2.75, 3.05) is 19.7 Å². The van der Waals surface area contributed by atoms with Gasteiger partial charge in [-0.1, -0.05) is 6.42 Å². The molecule has 23 heavy (non-hydrogen) atoms. The van der Waals surface area contributed by atoms with Gasteiger partial charge in [0.05, 0.1) is 0 Å². The number of hydrogen-bond acceptors (Lipinski definition) is 4. The topological polar surface area (TPSA) is 58.6 Å². The number of Topliss-reactive ketones (excluding diaryl/α,β-unsaturated/α-hetero) is 1. The number of ketones is 1. The molecule has 2 heterocycles. The molecule has 2 saturated heterocycles. The summed E-state index contributed by atoms with van der Waals surface area (Å²) < 4.78 is 5.51. The fourth-order valence-electron chi connectivity index (χ4n) is 3.60. The second-order valence-electron chi connectivity index (χ2n) is 6.43. The van der Waals surface area contributed by atoms with E-state index in [1.54, 1.807) is 24.3 Å². The highest BCUT2D eigenvalue weighted by atomic mass is 16.5. The Morgan fingerprint density at radius 1 is 1.17 bits per heavy atom. The summed E-state index contributed by atoms with van der Waals surface area (Å²) >= 11 is 0. The van der Waals surface area contributed by atoms with Crippen molar-refractivity contribution in [2.45, 2.75) is 44.7 Å². The SMILES string of the molecule is CC(=O)c1ccc(OCC(=O)N[C@@H]2CCN3CCCC[C@H]23)cc1. The van der Waals surface area contributed by atoms with E-state index in [9.17, 15) is 9.59 Å². The summed E-state index contributed by atoms with van der Waals surface area (Å²) in [5, 5.41) is 3.12. The van der Waals surface area contributed by atoms with E-state index in [-0.39, 0.29) is 24.3 Å². The number of nitrogens with zero attached hydrogens (tertiary/aromatic N) is 1. The van der Waals surface area contributed by atoms with Gasteiger partial charge in [0.2, 0.25) is 0 Å². The van der Waals surface area contributed by atoms with E-state index in [2.05, 4.69) is 10.2 Å². The van der Waals surface area contributed by atoms with Crippen molar-refractivity contribution in [1.29, 1.82) is 0 Å². The van der Waals surface area contributed by atoms with E-state index in [0.29, 0.717) is 17.4 Å². The molecule has 5 nitrogen and oxygen atoms in total. The number of hydrogen-bond donors (Lipinski definition) is 1. The number of ether oxygens (including phenoxy) is 1. The van der Waals surface area contributed by atoms with Gasteiger partial charge in [-0.3, -0.25) is 14.5 Å². The first-order valence-electron chi connectivity index (χ1n) is 8.41. The van der Waals surface area contributed by atoms with Crippen LogP contribution in [0.1, 0.15) is 43.0 Å². The number of carbonyl (C=O) groups is 2. The van der Waals surface area contributed by atoms with Crippen LogP contribution in [0.3, 0.4) is 0 Å². The minimum Gasteiger partial charge on any atom is -0.484 e. The molecule has 2 fully saturated rings. The normalized spacial score (nSPS) is 24.0. The number of fused-ring (bicyclic) bond motifs is 1. The van der Waals surface area contributed by atoms with Crippen molar-refractivity contribution < 1.29 is 14.3 Å². The average Bonchev–Trinajstić information content (AvgIpc) is 2.96. The van der Waals surface area contributed by atoms with Crippen LogP contribution in [0.25, 0.3) is 0 Å². The summed E-state index contributed by atoms with van der Waals surface area (Å²) in [5.41, 5.74) is 0.644. The van der Waals surface area contributed by atoms with Gasteiger partial charge in [-0.25, -0.2) is 0 Å². The maximum atomic E-state index is 12.1. The van der Waals surface area contributed by atoms with Gasteiger partial charge in [0.15, 0.2) is 12.4 Å². The number of benzene rings is 1. The molecule has 1 N–H and O–H groups in total. The fraction of sp³-hybridized carbons (Fsp3) is 0.556. The molecule has 0 bridgehead atoms. The second kappa shape index (κ2) is 7.13. The van der Waals surface area contributed by atoms with Crippen LogP contribution in [-0.4, -0.2) is 48.4 Å². The summed E-state index contributed by atoms with van der Waals surface area (Å²) in [7, 11) is 0. The third-order valence-electron chi connectivity index (χ3n) is 4.83. The van der Waals surface area contributed by atoms with Gasteiger partial charge in [-0.15, -0.1) is 0 Å². The number of carbonyl (C=O) groups excluding carboxylic acids is 2. The average molecular weight is 316 g/mol. The van der Waals surface area contributed by atoms with Crippen molar-refractivity contribution in [3.63, 3.8) is 0 Å². The third-order valence-corrected chi connectivity index (χ3v) is 4.83. The van der Waals surface area contributed by atoms with Crippen LogP contribution in [0.2, 0.25) is 0 Å². The fourth-order valence-corrected chi connectivity index (χ4v) is 3.60. The zero-order valence-electron chi connectivity index (χ0n) is 13.6. The molecule has 0 spiro atoms. The number of rotatable bonds is 5. The molecule has 3 rings (SSSR count). The van der Waals surface area contributed by atoms with Crippen molar-refractivity contribution in [1.82, 2.24) is 10.2 Å². The molecule has 1 aromatic rings. The van der Waals surface area contributed by atoms with Crippen molar-refractivity contribution in [2.24, 2.45) is 0 Å². The standard InChI is InChI=1S/C18H24N2O3/c1-13(21)14-5-7-15(8-6-14)23-12-18(22)19-16-9-11-20-10-3-2-4-17(16)20/h5-8,16-17H,2-4,9-12H2,1H3,(H,19,22)/t16-,17-/m1/s1. The Morgan fingerprint density at radius 3 is 2.70 bits per heavy atom. The zero-order chi connectivity index (χ0) is 16.2. The first-order valence-corrected chi connectivity index (χ1v) is 8.41. The zero-order valence-corrected chi connectivity index (χ0v) is 13.6. The summed E-state index contributed by atoms with van der Waals surface area (Å²) in [5.74, 6) is 0.557. The van der Waals surface area contributed by atoms with E-state index in [0.717, 1.165) is 19.5 Å². The van der Waals surface area contributed by atoms with Gasteiger partial charge in [0.25, 0.3) is 5.91 Å². The van der Waals surface area contributed by atoms with Crippen LogP contribution >= 0.6 is 0 Å². The second-order valence-corrected chi connectivity index (χ2v) is 6.43. The molecule has 0 unspecified atom stereocenters. The van der Waals surface area contributed by atoms with Crippen LogP contribution in [0.4, 0.5) is 0 Å². The van der Waals surface area contributed by atoms with Crippen molar-refractivity contribution in [3.8, 4) is 5.75 Å². The number of nitrogens with one attached hydrogen (secondary N) is 1. The molecule has 1 amide bonds. The lowest BCUT2D eigenvalue weighted by molar-refractivity contribution is -0.124. The molecule has 2 aliphatic heterocycles. The molecule has 1 aromatic carbocycles. The van der Waals surface area contributed by atoms with E-state index < -0.39 is 0 Å². The van der Waals surface area contributed by atoms with E-state index in [4.69, 9.17) is 4.74 Å². The molecular formula is C18H24N2O3. The lowest BCUT2D eigenvalue weighted by Crippen LogP contribution is -2.47. The highest BCUT2D eigenvalue weighted by molar-refractivity contribution is 5.94. The Morgan fingerprint density at radius 2 is 1.96 bits per heavy atom. The lowest BCUT2D eigenvalue weighted by Gasteiger charge is -2.32. The summed E-state index contributed by atoms with van der Waals surface area (Å²) in [4.78, 5) is 25.8. The molecule has 5 heteroatoms. The first kappa shape index (κ1) is 16.0. The maximum absolute atomic E-state index is 12.1. The lowest BCUT2D eigenvalue weighted by atomic mass is 9.99. The van der Waals surface area contributed by atoms with Gasteiger partial charge < -0.3 is 10.1 Å². The van der Waals surface area contributed by atoms with Crippen LogP contribution in [0, 0.1) is 0 Å². The Kier molecular flexibility index (Phi) is 4.96.